The molecule has 0 saturated carbocycles. The normalized spacial score (nSPS) is 17.5. The topological polar surface area (TPSA) is 57.0 Å². The summed E-state index contributed by atoms with van der Waals surface area (Å²) in [5.74, 6) is 8.50. The van der Waals surface area contributed by atoms with E-state index in [1.165, 1.54) is 5.57 Å². The average molecular weight is 434 g/mol. The molecule has 0 aromatic heterocycles. The average Bonchev–Trinajstić information content (AvgIpc) is 2.76. The molecule has 0 aliphatic carbocycles. The lowest BCUT2D eigenvalue weighted by atomic mass is 9.86. The maximum absolute atomic E-state index is 6.49. The number of hydrogen-bond donors (Lipinski definition) is 2. The zero-order valence-corrected chi connectivity index (χ0v) is 21.1. The largest absolute Gasteiger partial charge is 0.498 e. The van der Waals surface area contributed by atoms with Gasteiger partial charge in [0.1, 0.15) is 5.82 Å². The molecule has 1 rings (SSSR count). The van der Waals surface area contributed by atoms with Crippen molar-refractivity contribution in [3.8, 4) is 0 Å². The molecule has 0 unspecified atom stereocenters. The van der Waals surface area contributed by atoms with E-state index in [1.807, 2.05) is 26.0 Å². The summed E-state index contributed by atoms with van der Waals surface area (Å²) in [6.07, 6.45) is 11.4. The van der Waals surface area contributed by atoms with Gasteiger partial charge in [0.05, 0.1) is 18.9 Å². The van der Waals surface area contributed by atoms with Crippen LogP contribution in [0, 0.1) is 0 Å². The van der Waals surface area contributed by atoms with E-state index in [2.05, 4.69) is 67.7 Å². The molecule has 1 aliphatic rings. The fourth-order valence-corrected chi connectivity index (χ4v) is 3.99. The molecule has 0 aromatic rings. The molecule has 31 heavy (non-hydrogen) atoms. The van der Waals surface area contributed by atoms with Crippen LogP contribution in [-0.4, -0.2) is 67.7 Å². The molecular formula is C25H47N5O. The number of ether oxygens (including phenoxy) is 1. The van der Waals surface area contributed by atoms with Crippen LogP contribution >= 0.6 is 0 Å². The third kappa shape index (κ3) is 8.26. The van der Waals surface area contributed by atoms with E-state index in [1.54, 1.807) is 0 Å². The van der Waals surface area contributed by atoms with Gasteiger partial charge in [0.25, 0.3) is 0 Å². The first kappa shape index (κ1) is 27.1. The van der Waals surface area contributed by atoms with Crippen molar-refractivity contribution in [3.63, 3.8) is 0 Å². The van der Waals surface area contributed by atoms with Gasteiger partial charge in [0, 0.05) is 38.4 Å². The lowest BCUT2D eigenvalue weighted by molar-refractivity contribution is 0.118. The second-order valence-corrected chi connectivity index (χ2v) is 8.63. The van der Waals surface area contributed by atoms with Gasteiger partial charge in [0.2, 0.25) is 0 Å². The Morgan fingerprint density at radius 2 is 1.84 bits per heavy atom. The van der Waals surface area contributed by atoms with Gasteiger partial charge in [-0.2, -0.15) is 0 Å². The zero-order valence-electron chi connectivity index (χ0n) is 21.1. The second kappa shape index (κ2) is 13.5. The molecule has 3 N–H and O–H groups in total. The Morgan fingerprint density at radius 3 is 2.32 bits per heavy atom. The van der Waals surface area contributed by atoms with Crippen molar-refractivity contribution >= 4 is 0 Å². The summed E-state index contributed by atoms with van der Waals surface area (Å²) in [7, 11) is 6.14. The van der Waals surface area contributed by atoms with Crippen LogP contribution in [0.5, 0.6) is 0 Å². The Morgan fingerprint density at radius 1 is 1.19 bits per heavy atom. The highest BCUT2D eigenvalue weighted by atomic mass is 16.5. The molecule has 6 heteroatoms. The van der Waals surface area contributed by atoms with Gasteiger partial charge in [0.15, 0.2) is 0 Å². The number of hydrazine groups is 1. The standard InChI is InChI=1S/C25H47N5O/c1-9-12-24(28(7)8)30(26)20-25(27-6)15-17-29(18-16-25)22(5)23(11-3)14-13-21(4)31-19-10-2/h12-14,27H,5,9-11,15-20,26H2,1-4,6-8H3/b21-13+,23-14+,24-12-. The second-order valence-electron chi connectivity index (χ2n) is 8.63. The van der Waals surface area contributed by atoms with Gasteiger partial charge in [-0.25, -0.2) is 5.84 Å². The SMILES string of the molecule is C=C(/C(=C/C=C(\C)OCCC)CC)N1CCC(CN(N)/C(=C\CC)N(C)C)(NC)CC1. The van der Waals surface area contributed by atoms with Crippen LogP contribution in [0.15, 0.2) is 47.7 Å². The zero-order chi connectivity index (χ0) is 23.4. The first-order valence-corrected chi connectivity index (χ1v) is 11.8. The number of rotatable bonds is 13. The van der Waals surface area contributed by atoms with Crippen LogP contribution < -0.4 is 11.2 Å². The van der Waals surface area contributed by atoms with Crippen LogP contribution in [0.2, 0.25) is 0 Å². The molecule has 0 atom stereocenters. The van der Waals surface area contributed by atoms with Crippen LogP contribution in [0.25, 0.3) is 0 Å². The van der Waals surface area contributed by atoms with Gasteiger partial charge in [-0.15, -0.1) is 0 Å². The monoisotopic (exact) mass is 433 g/mol. The Hall–Kier alpha value is -1.92. The quantitative estimate of drug-likeness (QED) is 0.196. The molecule has 0 bridgehead atoms. The van der Waals surface area contributed by atoms with Crippen molar-refractivity contribution in [1.82, 2.24) is 20.1 Å². The number of nitrogens with one attached hydrogen (secondary N) is 1. The first-order valence-electron chi connectivity index (χ1n) is 11.8. The fourth-order valence-electron chi connectivity index (χ4n) is 3.99. The number of likely N-dealkylation sites (N-methyl/N-ethyl adjacent to an activating group) is 1. The maximum Gasteiger partial charge on any atom is 0.114 e. The van der Waals surface area contributed by atoms with Crippen LogP contribution in [-0.2, 0) is 4.74 Å². The Bertz CT molecular complexity index is 642. The number of allylic oxidation sites excluding steroid dienone is 5. The van der Waals surface area contributed by atoms with Crippen molar-refractivity contribution in [2.24, 2.45) is 5.84 Å². The predicted molar refractivity (Wildman–Crippen MR) is 133 cm³/mol. The van der Waals surface area contributed by atoms with E-state index >= 15 is 0 Å². The van der Waals surface area contributed by atoms with Gasteiger partial charge < -0.3 is 19.9 Å². The van der Waals surface area contributed by atoms with Crippen LogP contribution in [0.3, 0.4) is 0 Å². The summed E-state index contributed by atoms with van der Waals surface area (Å²) in [5, 5.41) is 5.48. The molecule has 0 spiro atoms. The minimum absolute atomic E-state index is 0.00501. The van der Waals surface area contributed by atoms with Gasteiger partial charge in [-0.1, -0.05) is 33.4 Å². The molecule has 1 aliphatic heterocycles. The number of nitrogens with two attached hydrogens (primary N) is 1. The highest BCUT2D eigenvalue weighted by Gasteiger charge is 2.35. The van der Waals surface area contributed by atoms with Crippen molar-refractivity contribution < 1.29 is 4.74 Å². The van der Waals surface area contributed by atoms with Gasteiger partial charge in [-0.3, -0.25) is 5.01 Å². The maximum atomic E-state index is 6.49. The van der Waals surface area contributed by atoms with Gasteiger partial charge >= 0.3 is 0 Å². The van der Waals surface area contributed by atoms with E-state index in [0.717, 1.165) is 75.6 Å². The molecule has 1 fully saturated rings. The molecule has 0 radical (unpaired) electrons. The summed E-state index contributed by atoms with van der Waals surface area (Å²) >= 11 is 0. The summed E-state index contributed by atoms with van der Waals surface area (Å²) in [6.45, 7) is 16.3. The third-order valence-electron chi connectivity index (χ3n) is 6.05. The summed E-state index contributed by atoms with van der Waals surface area (Å²) in [6, 6.07) is 0. The van der Waals surface area contributed by atoms with Crippen molar-refractivity contribution in [2.75, 3.05) is 47.4 Å². The Kier molecular flexibility index (Phi) is 11.8. The molecular weight excluding hydrogens is 386 g/mol. The smallest absolute Gasteiger partial charge is 0.114 e. The molecule has 1 heterocycles. The highest BCUT2D eigenvalue weighted by molar-refractivity contribution is 5.31. The summed E-state index contributed by atoms with van der Waals surface area (Å²) in [4.78, 5) is 4.50. The summed E-state index contributed by atoms with van der Waals surface area (Å²) < 4.78 is 5.68. The van der Waals surface area contributed by atoms with Gasteiger partial charge in [-0.05, 0) is 63.8 Å². The van der Waals surface area contributed by atoms with Crippen molar-refractivity contribution in [2.45, 2.75) is 65.3 Å². The number of nitrogens with zero attached hydrogens (tertiary/aromatic N) is 3. The molecule has 6 nitrogen and oxygen atoms in total. The summed E-state index contributed by atoms with van der Waals surface area (Å²) in [5.41, 5.74) is 2.38. The van der Waals surface area contributed by atoms with Crippen molar-refractivity contribution in [3.05, 3.63) is 47.7 Å². The van der Waals surface area contributed by atoms with E-state index in [9.17, 15) is 0 Å². The lowest BCUT2D eigenvalue weighted by Crippen LogP contribution is -2.59. The van der Waals surface area contributed by atoms with E-state index in [4.69, 9.17) is 10.6 Å². The molecule has 178 valence electrons. The number of hydrogen-bond acceptors (Lipinski definition) is 6. The fraction of sp³-hybridized carbons (Fsp3) is 0.680. The predicted octanol–water partition coefficient (Wildman–Crippen LogP) is 4.21. The van der Waals surface area contributed by atoms with Crippen LogP contribution in [0.4, 0.5) is 0 Å². The van der Waals surface area contributed by atoms with E-state index in [-0.39, 0.29) is 5.54 Å². The number of piperidine rings is 1. The lowest BCUT2D eigenvalue weighted by Gasteiger charge is -2.46. The minimum Gasteiger partial charge on any atom is -0.498 e. The first-order chi connectivity index (χ1) is 14.7. The van der Waals surface area contributed by atoms with Crippen LogP contribution in [0.1, 0.15) is 59.8 Å². The molecule has 0 amide bonds. The molecule has 1 saturated heterocycles. The highest BCUT2D eigenvalue weighted by Crippen LogP contribution is 2.28. The van der Waals surface area contributed by atoms with E-state index in [0.29, 0.717) is 0 Å². The van der Waals surface area contributed by atoms with Crippen molar-refractivity contribution in [1.29, 1.82) is 0 Å². The Balaban J connectivity index is 2.81. The molecule has 0 aromatic carbocycles. The Labute approximate surface area is 191 Å². The third-order valence-corrected chi connectivity index (χ3v) is 6.05. The number of likely N-dealkylation sites (tertiary alicyclic amines) is 1. The minimum atomic E-state index is -0.00501. The van der Waals surface area contributed by atoms with E-state index < -0.39 is 0 Å².